The lowest BCUT2D eigenvalue weighted by molar-refractivity contribution is 0.484. The lowest BCUT2D eigenvalue weighted by Gasteiger charge is -2.31. The van der Waals surface area contributed by atoms with Gasteiger partial charge in [-0.2, -0.15) is 9.36 Å². The van der Waals surface area contributed by atoms with Crippen LogP contribution in [0.15, 0.2) is 18.2 Å². The van der Waals surface area contributed by atoms with Crippen LogP contribution in [0.1, 0.15) is 6.92 Å². The highest BCUT2D eigenvalue weighted by Crippen LogP contribution is 2.25. The summed E-state index contributed by atoms with van der Waals surface area (Å²) < 4.78 is 30.6. The largest absolute Gasteiger partial charge is 0.344 e. The Morgan fingerprint density at radius 3 is 2.75 bits per heavy atom. The minimum absolute atomic E-state index is 0.369. The van der Waals surface area contributed by atoms with Crippen LogP contribution in [0.3, 0.4) is 0 Å². The third-order valence-corrected chi connectivity index (χ3v) is 3.95. The molecule has 1 aromatic carbocycles. The molecule has 7 heteroatoms. The predicted octanol–water partition coefficient (Wildman–Crippen LogP) is 2.28. The average molecular weight is 296 g/mol. The molecule has 0 saturated carbocycles. The highest BCUT2D eigenvalue weighted by molar-refractivity contribution is 7.09. The van der Waals surface area contributed by atoms with Crippen LogP contribution in [0.4, 0.5) is 13.9 Å². The predicted molar refractivity (Wildman–Crippen MR) is 74.9 cm³/mol. The summed E-state index contributed by atoms with van der Waals surface area (Å²) in [5, 5.41) is 4.14. The molecule has 3 rings (SSSR count). The second-order valence-corrected chi connectivity index (χ2v) is 5.59. The monoisotopic (exact) mass is 296 g/mol. The maximum Gasteiger partial charge on any atom is 0.205 e. The maximum atomic E-state index is 13.2. The van der Waals surface area contributed by atoms with Crippen LogP contribution in [0.5, 0.6) is 0 Å². The Hall–Kier alpha value is -1.60. The molecular formula is C13H14F2N4S. The van der Waals surface area contributed by atoms with E-state index in [0.717, 1.165) is 30.8 Å². The molecule has 0 bridgehead atoms. The number of hydrogen-bond donors (Lipinski definition) is 1. The summed E-state index contributed by atoms with van der Waals surface area (Å²) in [6.07, 6.45) is 0. The number of rotatable bonds is 2. The van der Waals surface area contributed by atoms with Crippen molar-refractivity contribution in [2.45, 2.75) is 13.0 Å². The number of benzene rings is 1. The Morgan fingerprint density at radius 1 is 1.30 bits per heavy atom. The molecule has 0 amide bonds. The van der Waals surface area contributed by atoms with Gasteiger partial charge < -0.3 is 10.2 Å². The Morgan fingerprint density at radius 2 is 2.05 bits per heavy atom. The van der Waals surface area contributed by atoms with Crippen LogP contribution in [0.2, 0.25) is 0 Å². The third-order valence-electron chi connectivity index (χ3n) is 3.18. The maximum absolute atomic E-state index is 13.2. The van der Waals surface area contributed by atoms with E-state index in [4.69, 9.17) is 0 Å². The second-order valence-electron chi connectivity index (χ2n) is 4.86. The van der Waals surface area contributed by atoms with Crippen molar-refractivity contribution in [3.63, 3.8) is 0 Å². The summed E-state index contributed by atoms with van der Waals surface area (Å²) in [7, 11) is 0. The molecule has 0 aliphatic carbocycles. The molecule has 2 aromatic rings. The zero-order chi connectivity index (χ0) is 14.1. The van der Waals surface area contributed by atoms with Gasteiger partial charge in [-0.15, -0.1) is 0 Å². The fourth-order valence-corrected chi connectivity index (χ4v) is 2.97. The third kappa shape index (κ3) is 2.78. The van der Waals surface area contributed by atoms with Crippen molar-refractivity contribution < 1.29 is 8.78 Å². The van der Waals surface area contributed by atoms with E-state index in [2.05, 4.69) is 26.5 Å². The molecular weight excluding hydrogens is 282 g/mol. The standard InChI is InChI=1S/C13H14F2N4S/c1-8-7-19(3-2-16-8)13-17-12(18-20-13)9-4-10(14)6-11(15)5-9/h4-6,8,16H,2-3,7H2,1H3/t8-/m1/s1. The summed E-state index contributed by atoms with van der Waals surface area (Å²) in [5.41, 5.74) is 0.369. The molecule has 20 heavy (non-hydrogen) atoms. The fraction of sp³-hybridized carbons (Fsp3) is 0.385. The summed E-state index contributed by atoms with van der Waals surface area (Å²) >= 11 is 1.26. The van der Waals surface area contributed by atoms with Gasteiger partial charge in [-0.1, -0.05) is 0 Å². The van der Waals surface area contributed by atoms with Crippen molar-refractivity contribution in [2.75, 3.05) is 24.5 Å². The molecule has 0 unspecified atom stereocenters. The van der Waals surface area contributed by atoms with Gasteiger partial charge in [0, 0.05) is 48.8 Å². The molecule has 106 valence electrons. The molecule has 1 N–H and O–H groups in total. The van der Waals surface area contributed by atoms with Crippen molar-refractivity contribution >= 4 is 16.7 Å². The molecule has 0 radical (unpaired) electrons. The molecule has 1 atom stereocenters. The van der Waals surface area contributed by atoms with E-state index in [1.807, 2.05) is 0 Å². The van der Waals surface area contributed by atoms with E-state index in [9.17, 15) is 8.78 Å². The van der Waals surface area contributed by atoms with Crippen LogP contribution < -0.4 is 10.2 Å². The van der Waals surface area contributed by atoms with E-state index in [-0.39, 0.29) is 0 Å². The smallest absolute Gasteiger partial charge is 0.205 e. The number of hydrogen-bond acceptors (Lipinski definition) is 5. The summed E-state index contributed by atoms with van der Waals surface area (Å²) in [6, 6.07) is 3.72. The van der Waals surface area contributed by atoms with Gasteiger partial charge in [0.2, 0.25) is 5.13 Å². The molecule has 1 fully saturated rings. The van der Waals surface area contributed by atoms with E-state index in [1.165, 1.54) is 23.7 Å². The second kappa shape index (κ2) is 5.41. The number of aromatic nitrogens is 2. The van der Waals surface area contributed by atoms with Crippen LogP contribution in [0, 0.1) is 11.6 Å². The fourth-order valence-electron chi connectivity index (χ4n) is 2.25. The number of anilines is 1. The molecule has 0 spiro atoms. The van der Waals surface area contributed by atoms with Gasteiger partial charge in [0.25, 0.3) is 0 Å². The van der Waals surface area contributed by atoms with Gasteiger partial charge in [-0.3, -0.25) is 0 Å². The summed E-state index contributed by atoms with van der Waals surface area (Å²) in [6.45, 7) is 4.71. The number of halogens is 2. The lowest BCUT2D eigenvalue weighted by atomic mass is 10.2. The number of nitrogens with zero attached hydrogens (tertiary/aromatic N) is 3. The number of piperazine rings is 1. The first kappa shape index (κ1) is 13.4. The van der Waals surface area contributed by atoms with Gasteiger partial charge in [-0.25, -0.2) is 8.78 Å². The summed E-state index contributed by atoms with van der Waals surface area (Å²) in [4.78, 5) is 6.53. The molecule has 1 aliphatic rings. The van der Waals surface area contributed by atoms with Crippen molar-refractivity contribution in [2.24, 2.45) is 0 Å². The van der Waals surface area contributed by atoms with Gasteiger partial charge in [-0.05, 0) is 19.1 Å². The normalized spacial score (nSPS) is 19.4. The Balaban J connectivity index is 1.86. The van der Waals surface area contributed by atoms with Gasteiger partial charge in [0.1, 0.15) is 11.6 Å². The highest BCUT2D eigenvalue weighted by atomic mass is 32.1. The topological polar surface area (TPSA) is 41.1 Å². The van der Waals surface area contributed by atoms with Gasteiger partial charge in [0.05, 0.1) is 0 Å². The van der Waals surface area contributed by atoms with Crippen LogP contribution in [-0.4, -0.2) is 35.0 Å². The van der Waals surface area contributed by atoms with Crippen molar-refractivity contribution in [3.05, 3.63) is 29.8 Å². The SMILES string of the molecule is C[C@@H]1CN(c2nc(-c3cc(F)cc(F)c3)ns2)CCN1. The zero-order valence-electron chi connectivity index (χ0n) is 10.9. The van der Waals surface area contributed by atoms with Crippen molar-refractivity contribution in [3.8, 4) is 11.4 Å². The van der Waals surface area contributed by atoms with Crippen molar-refractivity contribution in [1.82, 2.24) is 14.7 Å². The van der Waals surface area contributed by atoms with E-state index in [1.54, 1.807) is 0 Å². The molecule has 4 nitrogen and oxygen atoms in total. The Kier molecular flexibility index (Phi) is 3.62. The van der Waals surface area contributed by atoms with Gasteiger partial charge >= 0.3 is 0 Å². The Labute approximate surface area is 119 Å². The Bertz CT molecular complexity index is 596. The molecule has 1 aromatic heterocycles. The number of nitrogens with one attached hydrogen (secondary N) is 1. The zero-order valence-corrected chi connectivity index (χ0v) is 11.8. The molecule has 1 aliphatic heterocycles. The average Bonchev–Trinajstić information content (AvgIpc) is 2.87. The molecule has 2 heterocycles. The van der Waals surface area contributed by atoms with E-state index >= 15 is 0 Å². The minimum Gasteiger partial charge on any atom is -0.344 e. The van der Waals surface area contributed by atoms with Gasteiger partial charge in [0.15, 0.2) is 5.82 Å². The quantitative estimate of drug-likeness (QED) is 0.923. The molecule has 1 saturated heterocycles. The van der Waals surface area contributed by atoms with Crippen LogP contribution >= 0.6 is 11.5 Å². The lowest BCUT2D eigenvalue weighted by Crippen LogP contribution is -2.49. The first-order chi connectivity index (χ1) is 9.61. The van der Waals surface area contributed by atoms with Crippen LogP contribution in [-0.2, 0) is 0 Å². The first-order valence-corrected chi connectivity index (χ1v) is 7.17. The van der Waals surface area contributed by atoms with E-state index < -0.39 is 11.6 Å². The first-order valence-electron chi connectivity index (χ1n) is 6.40. The minimum atomic E-state index is -0.618. The van der Waals surface area contributed by atoms with Crippen LogP contribution in [0.25, 0.3) is 11.4 Å². The summed E-state index contributed by atoms with van der Waals surface area (Å²) in [5.74, 6) is -0.867. The van der Waals surface area contributed by atoms with E-state index in [0.29, 0.717) is 17.4 Å². The highest BCUT2D eigenvalue weighted by Gasteiger charge is 2.19. The van der Waals surface area contributed by atoms with Crippen molar-refractivity contribution in [1.29, 1.82) is 0 Å².